The van der Waals surface area contributed by atoms with Crippen molar-refractivity contribution in [2.45, 2.75) is 6.54 Å². The van der Waals surface area contributed by atoms with Crippen LogP contribution in [-0.2, 0) is 6.54 Å². The number of rotatable bonds is 3. The number of benzene rings is 2. The Hall–Kier alpha value is -1.13. The lowest BCUT2D eigenvalue weighted by Gasteiger charge is -2.07. The van der Waals surface area contributed by atoms with E-state index >= 15 is 0 Å². The molecule has 0 aliphatic rings. The number of amides is 1. The van der Waals surface area contributed by atoms with Crippen LogP contribution >= 0.6 is 31.9 Å². The molecular weight excluding hydrogens is 358 g/mol. The van der Waals surface area contributed by atoms with E-state index in [-0.39, 0.29) is 5.91 Å². The minimum Gasteiger partial charge on any atom is -0.348 e. The Morgan fingerprint density at radius 2 is 1.83 bits per heavy atom. The van der Waals surface area contributed by atoms with Crippen molar-refractivity contribution in [3.63, 3.8) is 0 Å². The van der Waals surface area contributed by atoms with Crippen LogP contribution in [0.25, 0.3) is 0 Å². The molecule has 2 aromatic rings. The van der Waals surface area contributed by atoms with Crippen molar-refractivity contribution < 1.29 is 4.79 Å². The number of nitrogens with one attached hydrogen (secondary N) is 1. The van der Waals surface area contributed by atoms with Crippen LogP contribution in [0.2, 0.25) is 0 Å². The van der Waals surface area contributed by atoms with Gasteiger partial charge in [0.15, 0.2) is 0 Å². The van der Waals surface area contributed by atoms with Crippen LogP contribution in [0.15, 0.2) is 57.5 Å². The third-order valence-electron chi connectivity index (χ3n) is 2.46. The average molecular weight is 369 g/mol. The van der Waals surface area contributed by atoms with Crippen molar-refractivity contribution in [3.05, 3.63) is 68.6 Å². The second kappa shape index (κ2) is 6.16. The maximum absolute atomic E-state index is 12.0. The van der Waals surface area contributed by atoms with Crippen molar-refractivity contribution in [2.24, 2.45) is 0 Å². The Morgan fingerprint density at radius 1 is 1.06 bits per heavy atom. The van der Waals surface area contributed by atoms with E-state index in [0.29, 0.717) is 12.1 Å². The zero-order valence-corrected chi connectivity index (χ0v) is 12.7. The molecule has 4 heteroatoms. The first kappa shape index (κ1) is 13.3. The molecule has 18 heavy (non-hydrogen) atoms. The Labute approximate surface area is 123 Å². The molecule has 92 valence electrons. The number of carbonyl (C=O) groups is 1. The van der Waals surface area contributed by atoms with Crippen LogP contribution in [0.1, 0.15) is 15.9 Å². The van der Waals surface area contributed by atoms with Crippen LogP contribution in [0.3, 0.4) is 0 Å². The molecule has 0 radical (unpaired) electrons. The predicted molar refractivity (Wildman–Crippen MR) is 79.5 cm³/mol. The van der Waals surface area contributed by atoms with Crippen LogP contribution in [0, 0.1) is 0 Å². The van der Waals surface area contributed by atoms with E-state index in [2.05, 4.69) is 37.2 Å². The molecule has 0 aliphatic carbocycles. The summed E-state index contributed by atoms with van der Waals surface area (Å²) in [6.07, 6.45) is 0. The highest BCUT2D eigenvalue weighted by atomic mass is 79.9. The molecule has 0 saturated carbocycles. The highest BCUT2D eigenvalue weighted by molar-refractivity contribution is 9.10. The molecule has 0 saturated heterocycles. The summed E-state index contributed by atoms with van der Waals surface area (Å²) in [6.45, 7) is 0.513. The summed E-state index contributed by atoms with van der Waals surface area (Å²) in [7, 11) is 0. The van der Waals surface area contributed by atoms with E-state index < -0.39 is 0 Å². The lowest BCUT2D eigenvalue weighted by Crippen LogP contribution is -2.23. The molecule has 0 aliphatic heterocycles. The van der Waals surface area contributed by atoms with Crippen LogP contribution in [0.4, 0.5) is 0 Å². The number of hydrogen-bond donors (Lipinski definition) is 1. The summed E-state index contributed by atoms with van der Waals surface area (Å²) in [5.74, 6) is -0.0811. The quantitative estimate of drug-likeness (QED) is 0.866. The summed E-state index contributed by atoms with van der Waals surface area (Å²) in [5, 5.41) is 2.89. The van der Waals surface area contributed by atoms with Crippen LogP contribution in [-0.4, -0.2) is 5.91 Å². The fourth-order valence-electron chi connectivity index (χ4n) is 1.57. The molecule has 0 unspecified atom stereocenters. The monoisotopic (exact) mass is 367 g/mol. The standard InChI is InChI=1S/C14H11Br2NO/c15-11-5-3-4-10(8-11)9-17-14(18)12-6-1-2-7-13(12)16/h1-8H,9H2,(H,17,18). The fraction of sp³-hybridized carbons (Fsp3) is 0.0714. The van der Waals surface area contributed by atoms with Gasteiger partial charge in [0.05, 0.1) is 5.56 Å². The molecule has 0 bridgehead atoms. The van der Waals surface area contributed by atoms with Crippen molar-refractivity contribution in [2.75, 3.05) is 0 Å². The van der Waals surface area contributed by atoms with Gasteiger partial charge in [-0.2, -0.15) is 0 Å². The van der Waals surface area contributed by atoms with Gasteiger partial charge in [0.1, 0.15) is 0 Å². The zero-order chi connectivity index (χ0) is 13.0. The first-order valence-corrected chi connectivity index (χ1v) is 7.02. The molecule has 0 aromatic heterocycles. The summed E-state index contributed by atoms with van der Waals surface area (Å²) in [6, 6.07) is 15.2. The van der Waals surface area contributed by atoms with Crippen molar-refractivity contribution in [1.29, 1.82) is 0 Å². The largest absolute Gasteiger partial charge is 0.348 e. The number of carbonyl (C=O) groups excluding carboxylic acids is 1. The minimum absolute atomic E-state index is 0.0811. The molecule has 2 aromatic carbocycles. The maximum Gasteiger partial charge on any atom is 0.252 e. The molecule has 0 atom stereocenters. The summed E-state index contributed by atoms with van der Waals surface area (Å²) in [5.41, 5.74) is 1.71. The van der Waals surface area contributed by atoms with E-state index in [1.54, 1.807) is 6.07 Å². The first-order chi connectivity index (χ1) is 8.66. The molecule has 2 nitrogen and oxygen atoms in total. The lowest BCUT2D eigenvalue weighted by molar-refractivity contribution is 0.0950. The molecule has 0 heterocycles. The van der Waals surface area contributed by atoms with Gasteiger partial charge in [0.2, 0.25) is 0 Å². The van der Waals surface area contributed by atoms with Gasteiger partial charge in [-0.1, -0.05) is 40.2 Å². The smallest absolute Gasteiger partial charge is 0.252 e. The van der Waals surface area contributed by atoms with Gasteiger partial charge >= 0.3 is 0 Å². The highest BCUT2D eigenvalue weighted by Crippen LogP contribution is 2.16. The number of hydrogen-bond acceptors (Lipinski definition) is 1. The second-order valence-corrected chi connectivity index (χ2v) is 5.56. The van der Waals surface area contributed by atoms with Gasteiger partial charge < -0.3 is 5.32 Å². The fourth-order valence-corrected chi connectivity index (χ4v) is 2.48. The minimum atomic E-state index is -0.0811. The van der Waals surface area contributed by atoms with Crippen molar-refractivity contribution in [1.82, 2.24) is 5.32 Å². The van der Waals surface area contributed by atoms with E-state index in [9.17, 15) is 4.79 Å². The Morgan fingerprint density at radius 3 is 2.56 bits per heavy atom. The normalized spacial score (nSPS) is 10.1. The topological polar surface area (TPSA) is 29.1 Å². The van der Waals surface area contributed by atoms with Crippen molar-refractivity contribution >= 4 is 37.8 Å². The van der Waals surface area contributed by atoms with Crippen LogP contribution < -0.4 is 5.32 Å². The first-order valence-electron chi connectivity index (χ1n) is 5.44. The Kier molecular flexibility index (Phi) is 4.55. The Bertz CT molecular complexity index is 569. The van der Waals surface area contributed by atoms with E-state index in [1.807, 2.05) is 42.5 Å². The third-order valence-corrected chi connectivity index (χ3v) is 3.65. The molecular formula is C14H11Br2NO. The summed E-state index contributed by atoms with van der Waals surface area (Å²) < 4.78 is 1.81. The summed E-state index contributed by atoms with van der Waals surface area (Å²) in [4.78, 5) is 12.0. The zero-order valence-electron chi connectivity index (χ0n) is 9.49. The molecule has 1 amide bonds. The maximum atomic E-state index is 12.0. The molecule has 2 rings (SSSR count). The highest BCUT2D eigenvalue weighted by Gasteiger charge is 2.08. The lowest BCUT2D eigenvalue weighted by atomic mass is 10.2. The SMILES string of the molecule is O=C(NCc1cccc(Br)c1)c1ccccc1Br. The van der Waals surface area contributed by atoms with Gasteiger partial charge in [-0.05, 0) is 45.8 Å². The third kappa shape index (κ3) is 3.43. The molecule has 0 fully saturated rings. The summed E-state index contributed by atoms with van der Waals surface area (Å²) >= 11 is 6.77. The molecule has 1 N–H and O–H groups in total. The average Bonchev–Trinajstić information content (AvgIpc) is 2.37. The Balaban J connectivity index is 2.03. The van der Waals surface area contributed by atoms with Gasteiger partial charge in [-0.15, -0.1) is 0 Å². The second-order valence-electron chi connectivity index (χ2n) is 3.79. The van der Waals surface area contributed by atoms with E-state index in [1.165, 1.54) is 0 Å². The van der Waals surface area contributed by atoms with E-state index in [4.69, 9.17) is 0 Å². The van der Waals surface area contributed by atoms with Gasteiger partial charge in [-0.25, -0.2) is 0 Å². The van der Waals surface area contributed by atoms with Gasteiger partial charge in [0, 0.05) is 15.5 Å². The van der Waals surface area contributed by atoms with Gasteiger partial charge in [-0.3, -0.25) is 4.79 Å². The predicted octanol–water partition coefficient (Wildman–Crippen LogP) is 4.14. The van der Waals surface area contributed by atoms with Gasteiger partial charge in [0.25, 0.3) is 5.91 Å². The van der Waals surface area contributed by atoms with Crippen molar-refractivity contribution in [3.8, 4) is 0 Å². The molecule has 0 spiro atoms. The van der Waals surface area contributed by atoms with E-state index in [0.717, 1.165) is 14.5 Å². The number of halogens is 2. The van der Waals surface area contributed by atoms with Crippen LogP contribution in [0.5, 0.6) is 0 Å².